The minimum Gasteiger partial charge on any atom is -0.494 e. The summed E-state index contributed by atoms with van der Waals surface area (Å²) in [4.78, 5) is 8.60. The number of aromatic nitrogens is 3. The smallest absolute Gasteiger partial charge is 0.196 e. The first-order valence-corrected chi connectivity index (χ1v) is 4.51. The highest BCUT2D eigenvalue weighted by Gasteiger charge is 2.14. The highest BCUT2D eigenvalue weighted by molar-refractivity contribution is 5.84. The summed E-state index contributed by atoms with van der Waals surface area (Å²) in [7, 11) is 1.82. The fourth-order valence-electron chi connectivity index (χ4n) is 1.83. The number of fused-ring (bicyclic) bond motifs is 1. The largest absolute Gasteiger partial charge is 0.494 e. The molecule has 0 atom stereocenters. The predicted molar refractivity (Wildman–Crippen MR) is 54.4 cm³/mol. The van der Waals surface area contributed by atoms with Gasteiger partial charge in [0.05, 0.1) is 16.7 Å². The van der Waals surface area contributed by atoms with Crippen molar-refractivity contribution in [2.75, 3.05) is 0 Å². The summed E-state index contributed by atoms with van der Waals surface area (Å²) in [6.07, 6.45) is 0. The third kappa shape index (κ3) is 0.999. The van der Waals surface area contributed by atoms with Crippen LogP contribution in [0.1, 0.15) is 17.1 Å². The maximum atomic E-state index is 9.74. The molecule has 2 aromatic heterocycles. The number of rotatable bonds is 0. The Hall–Kier alpha value is -1.58. The van der Waals surface area contributed by atoms with E-state index in [4.69, 9.17) is 0 Å². The summed E-state index contributed by atoms with van der Waals surface area (Å²) in [6, 6.07) is 0. The van der Waals surface area contributed by atoms with Gasteiger partial charge in [-0.1, -0.05) is 0 Å². The van der Waals surface area contributed by atoms with Crippen molar-refractivity contribution >= 4 is 11.0 Å². The first-order valence-electron chi connectivity index (χ1n) is 4.51. The lowest BCUT2D eigenvalue weighted by atomic mass is 10.3. The normalized spacial score (nSPS) is 11.1. The molecule has 14 heavy (non-hydrogen) atoms. The minimum atomic E-state index is 0.267. The van der Waals surface area contributed by atoms with Crippen LogP contribution in [0.25, 0.3) is 11.0 Å². The summed E-state index contributed by atoms with van der Waals surface area (Å²) in [5, 5.41) is 9.74. The van der Waals surface area contributed by atoms with E-state index >= 15 is 0 Å². The van der Waals surface area contributed by atoms with Crippen molar-refractivity contribution in [2.24, 2.45) is 7.05 Å². The standard InChI is InChI=1S/C10H13N3O/c1-5-8-9(13(4)10(5)14)6(2)11-7(3)12-8/h14H,1-4H3. The van der Waals surface area contributed by atoms with Crippen LogP contribution >= 0.6 is 0 Å². The molecule has 1 N–H and O–H groups in total. The van der Waals surface area contributed by atoms with Crippen molar-refractivity contribution in [3.8, 4) is 5.88 Å². The van der Waals surface area contributed by atoms with Crippen LogP contribution in [0, 0.1) is 20.8 Å². The number of hydrogen-bond acceptors (Lipinski definition) is 3. The van der Waals surface area contributed by atoms with Crippen molar-refractivity contribution in [1.29, 1.82) is 0 Å². The van der Waals surface area contributed by atoms with Crippen molar-refractivity contribution in [3.63, 3.8) is 0 Å². The molecule has 2 aromatic rings. The van der Waals surface area contributed by atoms with Gasteiger partial charge in [-0.3, -0.25) is 0 Å². The molecule has 0 radical (unpaired) electrons. The van der Waals surface area contributed by atoms with E-state index in [2.05, 4.69) is 9.97 Å². The highest BCUT2D eigenvalue weighted by atomic mass is 16.3. The number of hydrogen-bond donors (Lipinski definition) is 1. The monoisotopic (exact) mass is 191 g/mol. The van der Waals surface area contributed by atoms with Gasteiger partial charge in [-0.05, 0) is 20.8 Å². The van der Waals surface area contributed by atoms with E-state index < -0.39 is 0 Å². The Labute approximate surface area is 82.2 Å². The van der Waals surface area contributed by atoms with E-state index in [1.54, 1.807) is 4.57 Å². The Morgan fingerprint density at radius 3 is 2.43 bits per heavy atom. The molecule has 0 unspecified atom stereocenters. The number of aromatic hydroxyl groups is 1. The van der Waals surface area contributed by atoms with Gasteiger partial charge < -0.3 is 9.67 Å². The van der Waals surface area contributed by atoms with Gasteiger partial charge in [0.25, 0.3) is 0 Å². The lowest BCUT2D eigenvalue weighted by Crippen LogP contribution is -1.95. The van der Waals surface area contributed by atoms with Crippen molar-refractivity contribution in [2.45, 2.75) is 20.8 Å². The maximum Gasteiger partial charge on any atom is 0.196 e. The molecular formula is C10H13N3O. The van der Waals surface area contributed by atoms with Crippen LogP contribution in [0.5, 0.6) is 5.88 Å². The second-order valence-electron chi connectivity index (χ2n) is 3.56. The van der Waals surface area contributed by atoms with E-state index in [-0.39, 0.29) is 5.88 Å². The molecule has 0 saturated heterocycles. The number of aryl methyl sites for hydroxylation is 4. The van der Waals surface area contributed by atoms with Gasteiger partial charge in [-0.2, -0.15) is 0 Å². The Balaban J connectivity index is 3.02. The average molecular weight is 191 g/mol. The molecule has 4 heteroatoms. The van der Waals surface area contributed by atoms with Gasteiger partial charge in [0.2, 0.25) is 0 Å². The molecule has 0 amide bonds. The van der Waals surface area contributed by atoms with E-state index in [1.807, 2.05) is 27.8 Å². The zero-order valence-corrected chi connectivity index (χ0v) is 8.79. The van der Waals surface area contributed by atoms with Crippen molar-refractivity contribution < 1.29 is 5.11 Å². The van der Waals surface area contributed by atoms with Crippen molar-refractivity contribution in [3.05, 3.63) is 17.1 Å². The predicted octanol–water partition coefficient (Wildman–Crippen LogP) is 1.60. The van der Waals surface area contributed by atoms with Crippen LogP contribution in [0.4, 0.5) is 0 Å². The molecule has 2 rings (SSSR count). The minimum absolute atomic E-state index is 0.267. The summed E-state index contributed by atoms with van der Waals surface area (Å²) in [5.41, 5.74) is 3.47. The fourth-order valence-corrected chi connectivity index (χ4v) is 1.83. The van der Waals surface area contributed by atoms with Crippen LogP contribution in [0.3, 0.4) is 0 Å². The molecule has 2 heterocycles. The first-order chi connectivity index (χ1) is 6.52. The summed E-state index contributed by atoms with van der Waals surface area (Å²) < 4.78 is 1.72. The molecule has 4 nitrogen and oxygen atoms in total. The molecule has 0 aliphatic carbocycles. The van der Waals surface area contributed by atoms with E-state index in [9.17, 15) is 5.11 Å². The number of nitrogens with zero attached hydrogens (tertiary/aromatic N) is 3. The van der Waals surface area contributed by atoms with Crippen LogP contribution in [0.15, 0.2) is 0 Å². The second-order valence-corrected chi connectivity index (χ2v) is 3.56. The Kier molecular flexibility index (Phi) is 1.74. The van der Waals surface area contributed by atoms with Crippen LogP contribution in [-0.4, -0.2) is 19.6 Å². The van der Waals surface area contributed by atoms with E-state index in [1.165, 1.54) is 0 Å². The quantitative estimate of drug-likeness (QED) is 0.688. The van der Waals surface area contributed by atoms with Crippen LogP contribution in [0.2, 0.25) is 0 Å². The van der Waals surface area contributed by atoms with Crippen molar-refractivity contribution in [1.82, 2.24) is 14.5 Å². The van der Waals surface area contributed by atoms with Gasteiger partial charge in [0.15, 0.2) is 5.88 Å². The maximum absolute atomic E-state index is 9.74. The molecule has 0 aliphatic rings. The molecule has 0 bridgehead atoms. The molecule has 74 valence electrons. The molecule has 0 fully saturated rings. The molecule has 0 aromatic carbocycles. The zero-order chi connectivity index (χ0) is 10.5. The summed E-state index contributed by atoms with van der Waals surface area (Å²) in [5.74, 6) is 1.01. The van der Waals surface area contributed by atoms with E-state index in [0.29, 0.717) is 0 Å². The lowest BCUT2D eigenvalue weighted by Gasteiger charge is -2.00. The Morgan fingerprint density at radius 2 is 1.79 bits per heavy atom. The van der Waals surface area contributed by atoms with Gasteiger partial charge >= 0.3 is 0 Å². The average Bonchev–Trinajstić information content (AvgIpc) is 2.31. The molecular weight excluding hydrogens is 178 g/mol. The molecule has 0 saturated carbocycles. The Bertz CT molecular complexity index is 514. The first kappa shape index (κ1) is 8.99. The Morgan fingerprint density at radius 1 is 1.14 bits per heavy atom. The van der Waals surface area contributed by atoms with E-state index in [0.717, 1.165) is 28.1 Å². The third-order valence-electron chi connectivity index (χ3n) is 2.51. The second kappa shape index (κ2) is 2.70. The van der Waals surface area contributed by atoms with Gasteiger partial charge in [-0.15, -0.1) is 0 Å². The van der Waals surface area contributed by atoms with Gasteiger partial charge in [-0.25, -0.2) is 9.97 Å². The fraction of sp³-hybridized carbons (Fsp3) is 0.400. The molecule has 0 aliphatic heterocycles. The highest BCUT2D eigenvalue weighted by Crippen LogP contribution is 2.28. The SMILES string of the molecule is Cc1nc(C)c2c(n1)c(C)c(O)n2C. The van der Waals surface area contributed by atoms with Gasteiger partial charge in [0.1, 0.15) is 5.82 Å². The molecule has 0 spiro atoms. The van der Waals surface area contributed by atoms with Crippen LogP contribution in [-0.2, 0) is 7.05 Å². The summed E-state index contributed by atoms with van der Waals surface area (Å²) in [6.45, 7) is 5.65. The van der Waals surface area contributed by atoms with Gasteiger partial charge in [0, 0.05) is 12.6 Å². The lowest BCUT2D eigenvalue weighted by molar-refractivity contribution is 0.431. The zero-order valence-electron chi connectivity index (χ0n) is 8.79. The topological polar surface area (TPSA) is 50.9 Å². The third-order valence-corrected chi connectivity index (χ3v) is 2.51. The van der Waals surface area contributed by atoms with Crippen LogP contribution < -0.4 is 0 Å². The summed E-state index contributed by atoms with van der Waals surface area (Å²) >= 11 is 0.